The molecule has 0 spiro atoms. The van der Waals surface area contributed by atoms with Crippen LogP contribution in [0.15, 0.2) is 23.6 Å². The third kappa shape index (κ3) is 3.93. The number of hydrogen-bond acceptors (Lipinski definition) is 4. The second-order valence-electron chi connectivity index (χ2n) is 3.91. The number of methoxy groups -OCH3 is 1. The Morgan fingerprint density at radius 2 is 2.16 bits per heavy atom. The van der Waals surface area contributed by atoms with Crippen LogP contribution in [-0.2, 0) is 22.4 Å². The molecular formula is C13H11Cl2NO2S. The Bertz CT molecular complexity index is 598. The number of thiazole rings is 1. The highest BCUT2D eigenvalue weighted by Crippen LogP contribution is 2.24. The van der Waals surface area contributed by atoms with Crippen molar-refractivity contribution in [3.63, 3.8) is 0 Å². The summed E-state index contributed by atoms with van der Waals surface area (Å²) in [6, 6.07) is 5.50. The van der Waals surface area contributed by atoms with E-state index in [0.29, 0.717) is 16.5 Å². The highest BCUT2D eigenvalue weighted by molar-refractivity contribution is 7.09. The number of rotatable bonds is 4. The molecular weight excluding hydrogens is 305 g/mol. The van der Waals surface area contributed by atoms with E-state index >= 15 is 0 Å². The number of carbonyl (C=O) groups is 1. The van der Waals surface area contributed by atoms with Crippen LogP contribution in [0.5, 0.6) is 0 Å². The number of aromatic nitrogens is 1. The van der Waals surface area contributed by atoms with Gasteiger partial charge in [-0.2, -0.15) is 0 Å². The molecule has 1 heterocycles. The predicted octanol–water partition coefficient (Wildman–Crippen LogP) is 3.76. The van der Waals surface area contributed by atoms with Gasteiger partial charge >= 0.3 is 5.97 Å². The number of carbonyl (C=O) groups excluding carboxylic acids is 1. The van der Waals surface area contributed by atoms with Crippen molar-refractivity contribution in [2.45, 2.75) is 12.8 Å². The molecule has 1 aromatic heterocycles. The van der Waals surface area contributed by atoms with Gasteiger partial charge in [-0.25, -0.2) is 4.98 Å². The molecule has 0 saturated carbocycles. The Morgan fingerprint density at radius 3 is 2.84 bits per heavy atom. The number of hydrogen-bond donors (Lipinski definition) is 0. The monoisotopic (exact) mass is 315 g/mol. The van der Waals surface area contributed by atoms with Gasteiger partial charge < -0.3 is 4.74 Å². The highest BCUT2D eigenvalue weighted by atomic mass is 35.5. The standard InChI is InChI=1S/C13H11Cl2NO2S/c1-18-13(17)6-9-7-19-12(16-9)5-8-2-3-10(14)11(15)4-8/h2-4,7H,5-6H2,1H3. The third-order valence-corrected chi connectivity index (χ3v) is 4.13. The maximum absolute atomic E-state index is 11.1. The van der Waals surface area contributed by atoms with Crippen LogP contribution in [0.2, 0.25) is 10.0 Å². The second kappa shape index (κ2) is 6.37. The second-order valence-corrected chi connectivity index (χ2v) is 5.67. The highest BCUT2D eigenvalue weighted by Gasteiger charge is 2.08. The topological polar surface area (TPSA) is 39.2 Å². The lowest BCUT2D eigenvalue weighted by atomic mass is 10.1. The van der Waals surface area contributed by atoms with Crippen molar-refractivity contribution in [1.82, 2.24) is 4.98 Å². The van der Waals surface area contributed by atoms with Gasteiger partial charge in [0, 0.05) is 11.8 Å². The van der Waals surface area contributed by atoms with Gasteiger partial charge in [-0.3, -0.25) is 4.79 Å². The molecule has 0 fully saturated rings. The van der Waals surface area contributed by atoms with E-state index in [0.717, 1.165) is 16.3 Å². The maximum Gasteiger partial charge on any atom is 0.311 e. The van der Waals surface area contributed by atoms with Crippen LogP contribution >= 0.6 is 34.5 Å². The van der Waals surface area contributed by atoms with Crippen molar-refractivity contribution in [1.29, 1.82) is 0 Å². The summed E-state index contributed by atoms with van der Waals surface area (Å²) in [5.74, 6) is -0.286. The van der Waals surface area contributed by atoms with E-state index in [9.17, 15) is 4.79 Å². The van der Waals surface area contributed by atoms with Crippen LogP contribution in [0.4, 0.5) is 0 Å². The molecule has 2 rings (SSSR count). The minimum absolute atomic E-state index is 0.203. The summed E-state index contributed by atoms with van der Waals surface area (Å²) in [5, 5.41) is 3.86. The Morgan fingerprint density at radius 1 is 1.37 bits per heavy atom. The largest absolute Gasteiger partial charge is 0.469 e. The zero-order valence-electron chi connectivity index (χ0n) is 10.2. The molecule has 3 nitrogen and oxygen atoms in total. The fourth-order valence-corrected chi connectivity index (χ4v) is 2.70. The van der Waals surface area contributed by atoms with E-state index in [4.69, 9.17) is 23.2 Å². The summed E-state index contributed by atoms with van der Waals surface area (Å²) in [4.78, 5) is 15.5. The van der Waals surface area contributed by atoms with Crippen molar-refractivity contribution in [2.24, 2.45) is 0 Å². The molecule has 0 atom stereocenters. The van der Waals surface area contributed by atoms with Crippen LogP contribution in [0.25, 0.3) is 0 Å². The van der Waals surface area contributed by atoms with Crippen molar-refractivity contribution in [3.05, 3.63) is 49.9 Å². The van der Waals surface area contributed by atoms with Gasteiger partial charge in [-0.1, -0.05) is 29.3 Å². The quantitative estimate of drug-likeness (QED) is 0.806. The lowest BCUT2D eigenvalue weighted by Gasteiger charge is -2.00. The SMILES string of the molecule is COC(=O)Cc1csc(Cc2ccc(Cl)c(Cl)c2)n1. The van der Waals surface area contributed by atoms with Crippen LogP contribution < -0.4 is 0 Å². The molecule has 0 saturated heterocycles. The lowest BCUT2D eigenvalue weighted by molar-refractivity contribution is -0.139. The van der Waals surface area contributed by atoms with Crippen molar-refractivity contribution in [2.75, 3.05) is 7.11 Å². The van der Waals surface area contributed by atoms with Crippen LogP contribution in [0.1, 0.15) is 16.3 Å². The molecule has 0 aliphatic heterocycles. The fraction of sp³-hybridized carbons (Fsp3) is 0.231. The molecule has 6 heteroatoms. The van der Waals surface area contributed by atoms with E-state index in [-0.39, 0.29) is 12.4 Å². The molecule has 0 N–H and O–H groups in total. The summed E-state index contributed by atoms with van der Waals surface area (Å²) >= 11 is 13.3. The Kier molecular flexibility index (Phi) is 4.80. The van der Waals surface area contributed by atoms with Crippen molar-refractivity contribution < 1.29 is 9.53 Å². The first kappa shape index (κ1) is 14.3. The Hall–Kier alpha value is -1.10. The van der Waals surface area contributed by atoms with Crippen LogP contribution in [-0.4, -0.2) is 18.1 Å². The van der Waals surface area contributed by atoms with Gasteiger partial charge in [0.15, 0.2) is 0 Å². The molecule has 2 aromatic rings. The molecule has 1 aromatic carbocycles. The number of nitrogens with zero attached hydrogens (tertiary/aromatic N) is 1. The molecule has 19 heavy (non-hydrogen) atoms. The van der Waals surface area contributed by atoms with Crippen molar-refractivity contribution >= 4 is 40.5 Å². The van der Waals surface area contributed by atoms with Gasteiger partial charge in [0.25, 0.3) is 0 Å². The third-order valence-electron chi connectivity index (χ3n) is 2.49. The molecule has 0 amide bonds. The predicted molar refractivity (Wildman–Crippen MR) is 77.1 cm³/mol. The average molecular weight is 316 g/mol. The molecule has 0 aliphatic carbocycles. The number of ether oxygens (including phenoxy) is 1. The van der Waals surface area contributed by atoms with Gasteiger partial charge in [-0.15, -0.1) is 11.3 Å². The Labute approximate surface area is 125 Å². The lowest BCUT2D eigenvalue weighted by Crippen LogP contribution is -2.04. The number of esters is 1. The van der Waals surface area contributed by atoms with Crippen LogP contribution in [0.3, 0.4) is 0 Å². The molecule has 0 unspecified atom stereocenters. The van der Waals surface area contributed by atoms with Crippen LogP contribution in [0, 0.1) is 0 Å². The Balaban J connectivity index is 2.07. The maximum atomic E-state index is 11.1. The summed E-state index contributed by atoms with van der Waals surface area (Å²) in [5.41, 5.74) is 1.76. The molecule has 0 bridgehead atoms. The minimum atomic E-state index is -0.286. The first-order valence-electron chi connectivity index (χ1n) is 5.52. The fourth-order valence-electron chi connectivity index (χ4n) is 1.56. The summed E-state index contributed by atoms with van der Waals surface area (Å²) in [6.45, 7) is 0. The number of halogens is 2. The smallest absolute Gasteiger partial charge is 0.311 e. The minimum Gasteiger partial charge on any atom is -0.469 e. The van der Waals surface area contributed by atoms with Gasteiger partial charge in [0.2, 0.25) is 0 Å². The molecule has 100 valence electrons. The molecule has 0 aliphatic rings. The first-order valence-corrected chi connectivity index (χ1v) is 7.16. The van der Waals surface area contributed by atoms with E-state index in [2.05, 4.69) is 9.72 Å². The normalized spacial score (nSPS) is 10.5. The first-order chi connectivity index (χ1) is 9.08. The zero-order valence-corrected chi connectivity index (χ0v) is 12.5. The van der Waals surface area contributed by atoms with Gasteiger partial charge in [-0.05, 0) is 17.7 Å². The van der Waals surface area contributed by atoms with E-state index in [1.807, 2.05) is 17.5 Å². The van der Waals surface area contributed by atoms with Gasteiger partial charge in [0.1, 0.15) is 0 Å². The van der Waals surface area contributed by atoms with E-state index in [1.54, 1.807) is 6.07 Å². The summed E-state index contributed by atoms with van der Waals surface area (Å²) < 4.78 is 4.60. The van der Waals surface area contributed by atoms with E-state index < -0.39 is 0 Å². The van der Waals surface area contributed by atoms with Gasteiger partial charge in [0.05, 0.1) is 34.3 Å². The summed E-state index contributed by atoms with van der Waals surface area (Å²) in [7, 11) is 1.37. The molecule has 0 radical (unpaired) electrons. The van der Waals surface area contributed by atoms with Crippen molar-refractivity contribution in [3.8, 4) is 0 Å². The van der Waals surface area contributed by atoms with E-state index in [1.165, 1.54) is 18.4 Å². The zero-order chi connectivity index (χ0) is 13.8. The average Bonchev–Trinajstić information content (AvgIpc) is 2.81. The summed E-state index contributed by atoms with van der Waals surface area (Å²) in [6.07, 6.45) is 0.872. The number of benzene rings is 1.